The summed E-state index contributed by atoms with van der Waals surface area (Å²) in [6.07, 6.45) is 2.40. The number of fused-ring (bicyclic) bond motifs is 1. The number of aromatic amines is 1. The molecule has 0 amide bonds. The molecule has 0 bridgehead atoms. The first kappa shape index (κ1) is 15.5. The summed E-state index contributed by atoms with van der Waals surface area (Å²) in [6.45, 7) is 2.59. The minimum atomic E-state index is 0.0194. The Labute approximate surface area is 137 Å². The van der Waals surface area contributed by atoms with Gasteiger partial charge in [0.1, 0.15) is 11.3 Å². The van der Waals surface area contributed by atoms with Gasteiger partial charge in [-0.2, -0.15) is 0 Å². The number of aromatic hydroxyl groups is 1. The van der Waals surface area contributed by atoms with E-state index in [0.29, 0.717) is 39.9 Å². The van der Waals surface area contributed by atoms with Gasteiger partial charge >= 0.3 is 0 Å². The Morgan fingerprint density at radius 2 is 2.22 bits per heavy atom. The first-order valence-electron chi connectivity index (χ1n) is 7.28. The van der Waals surface area contributed by atoms with Gasteiger partial charge in [0.25, 0.3) is 0 Å². The van der Waals surface area contributed by atoms with Gasteiger partial charge in [-0.3, -0.25) is 0 Å². The van der Waals surface area contributed by atoms with E-state index in [-0.39, 0.29) is 11.8 Å². The summed E-state index contributed by atoms with van der Waals surface area (Å²) >= 11 is 6.00. The molecule has 0 saturated heterocycles. The first-order chi connectivity index (χ1) is 11.1. The molecule has 7 nitrogen and oxygen atoms in total. The standard InChI is InChI=1S/C15H17ClN6O/c1-2-9(17)6-18-14-12-15(20-7-19-12)22-13(21-14)10-5-8(16)3-4-11(10)23/h3-5,7,9,23H,2,6,17H2,1H3,(H2,18,19,20,21,22)/t9-/m0/s1. The predicted octanol–water partition coefficient (Wildman–Crippen LogP) is 2.53. The highest BCUT2D eigenvalue weighted by atomic mass is 35.5. The number of halogens is 1. The molecule has 0 unspecified atom stereocenters. The number of aromatic nitrogens is 4. The van der Waals surface area contributed by atoms with Gasteiger partial charge < -0.3 is 21.1 Å². The van der Waals surface area contributed by atoms with E-state index in [4.69, 9.17) is 17.3 Å². The molecule has 1 aromatic carbocycles. The molecule has 0 aliphatic heterocycles. The van der Waals surface area contributed by atoms with Gasteiger partial charge in [0.15, 0.2) is 17.3 Å². The van der Waals surface area contributed by atoms with Crippen molar-refractivity contribution in [1.82, 2.24) is 19.9 Å². The molecule has 120 valence electrons. The Hall–Kier alpha value is -2.38. The topological polar surface area (TPSA) is 113 Å². The second-order valence-electron chi connectivity index (χ2n) is 5.21. The van der Waals surface area contributed by atoms with Crippen molar-refractivity contribution in [3.63, 3.8) is 0 Å². The molecule has 5 N–H and O–H groups in total. The van der Waals surface area contributed by atoms with Crippen molar-refractivity contribution in [2.24, 2.45) is 5.73 Å². The van der Waals surface area contributed by atoms with E-state index in [1.807, 2.05) is 6.92 Å². The van der Waals surface area contributed by atoms with Crippen LogP contribution in [0.5, 0.6) is 5.75 Å². The fraction of sp³-hybridized carbons (Fsp3) is 0.267. The van der Waals surface area contributed by atoms with Gasteiger partial charge in [-0.15, -0.1) is 0 Å². The lowest BCUT2D eigenvalue weighted by atomic mass is 10.2. The molecule has 23 heavy (non-hydrogen) atoms. The second kappa shape index (κ2) is 6.39. The summed E-state index contributed by atoms with van der Waals surface area (Å²) in [5, 5.41) is 13.7. The van der Waals surface area contributed by atoms with Crippen LogP contribution in [-0.4, -0.2) is 37.6 Å². The largest absolute Gasteiger partial charge is 0.507 e. The average molecular weight is 333 g/mol. The minimum absolute atomic E-state index is 0.0194. The van der Waals surface area contributed by atoms with Crippen LogP contribution in [0.2, 0.25) is 5.02 Å². The highest BCUT2D eigenvalue weighted by molar-refractivity contribution is 6.30. The van der Waals surface area contributed by atoms with Crippen LogP contribution in [0.3, 0.4) is 0 Å². The maximum absolute atomic E-state index is 10.1. The van der Waals surface area contributed by atoms with E-state index in [1.165, 1.54) is 6.07 Å². The number of phenols is 1. The Morgan fingerprint density at radius 1 is 1.39 bits per heavy atom. The number of nitrogens with zero attached hydrogens (tertiary/aromatic N) is 3. The van der Waals surface area contributed by atoms with E-state index < -0.39 is 0 Å². The zero-order valence-electron chi connectivity index (χ0n) is 12.5. The zero-order valence-corrected chi connectivity index (χ0v) is 13.3. The van der Waals surface area contributed by atoms with Crippen LogP contribution in [0.1, 0.15) is 13.3 Å². The SMILES string of the molecule is CC[C@H](N)CNc1nc(-c2cc(Cl)ccc2O)nc2nc[nH]c12. The summed E-state index contributed by atoms with van der Waals surface area (Å²) in [5.41, 5.74) is 7.59. The molecule has 0 fully saturated rings. The lowest BCUT2D eigenvalue weighted by Crippen LogP contribution is -2.28. The quantitative estimate of drug-likeness (QED) is 0.571. The molecular formula is C15H17ClN6O. The number of hydrogen-bond acceptors (Lipinski definition) is 6. The number of rotatable bonds is 5. The summed E-state index contributed by atoms with van der Waals surface area (Å²) in [5.74, 6) is 0.989. The molecule has 8 heteroatoms. The Kier molecular flexibility index (Phi) is 4.31. The third-order valence-electron chi connectivity index (χ3n) is 3.54. The number of imidazole rings is 1. The number of phenolic OH excluding ortho intramolecular Hbond substituents is 1. The van der Waals surface area contributed by atoms with Gasteiger partial charge in [0, 0.05) is 17.6 Å². The molecule has 0 aliphatic rings. The lowest BCUT2D eigenvalue weighted by molar-refractivity contribution is 0.477. The molecule has 3 aromatic rings. The van der Waals surface area contributed by atoms with Crippen LogP contribution in [0.25, 0.3) is 22.6 Å². The number of H-pyrrole nitrogens is 1. The van der Waals surface area contributed by atoms with E-state index >= 15 is 0 Å². The van der Waals surface area contributed by atoms with Crippen molar-refractivity contribution in [3.05, 3.63) is 29.5 Å². The smallest absolute Gasteiger partial charge is 0.183 e. The van der Waals surface area contributed by atoms with E-state index in [0.717, 1.165) is 6.42 Å². The monoisotopic (exact) mass is 332 g/mol. The van der Waals surface area contributed by atoms with E-state index in [9.17, 15) is 5.11 Å². The average Bonchev–Trinajstić information content (AvgIpc) is 3.03. The van der Waals surface area contributed by atoms with Gasteiger partial charge in [0.2, 0.25) is 0 Å². The van der Waals surface area contributed by atoms with Crippen LogP contribution in [0.4, 0.5) is 5.82 Å². The molecule has 0 radical (unpaired) electrons. The normalized spacial score (nSPS) is 12.5. The number of nitrogens with two attached hydrogens (primary N) is 1. The zero-order chi connectivity index (χ0) is 16.4. The van der Waals surface area contributed by atoms with Crippen molar-refractivity contribution in [1.29, 1.82) is 0 Å². The summed E-state index contributed by atoms with van der Waals surface area (Å²) in [7, 11) is 0. The fourth-order valence-corrected chi connectivity index (χ4v) is 2.31. The molecule has 3 rings (SSSR count). The Morgan fingerprint density at radius 3 is 3.00 bits per heavy atom. The second-order valence-corrected chi connectivity index (χ2v) is 5.64. The number of benzene rings is 1. The highest BCUT2D eigenvalue weighted by Crippen LogP contribution is 2.31. The van der Waals surface area contributed by atoms with Crippen LogP contribution in [-0.2, 0) is 0 Å². The highest BCUT2D eigenvalue weighted by Gasteiger charge is 2.15. The molecule has 0 aliphatic carbocycles. The van der Waals surface area contributed by atoms with Crippen LogP contribution in [0.15, 0.2) is 24.5 Å². The van der Waals surface area contributed by atoms with Crippen LogP contribution >= 0.6 is 11.6 Å². The van der Waals surface area contributed by atoms with Crippen molar-refractivity contribution in [2.75, 3.05) is 11.9 Å². The molecule has 0 saturated carbocycles. The minimum Gasteiger partial charge on any atom is -0.507 e. The Balaban J connectivity index is 2.06. The summed E-state index contributed by atoms with van der Waals surface area (Å²) in [4.78, 5) is 16.0. The third kappa shape index (κ3) is 3.20. The molecular weight excluding hydrogens is 316 g/mol. The van der Waals surface area contributed by atoms with E-state index in [1.54, 1.807) is 18.5 Å². The molecule has 1 atom stereocenters. The maximum atomic E-state index is 10.1. The van der Waals surface area contributed by atoms with Crippen molar-refractivity contribution in [2.45, 2.75) is 19.4 Å². The third-order valence-corrected chi connectivity index (χ3v) is 3.78. The number of anilines is 1. The number of hydrogen-bond donors (Lipinski definition) is 4. The number of nitrogens with one attached hydrogen (secondary N) is 2. The predicted molar refractivity (Wildman–Crippen MR) is 90.6 cm³/mol. The van der Waals surface area contributed by atoms with Gasteiger partial charge in [-0.1, -0.05) is 18.5 Å². The van der Waals surface area contributed by atoms with Gasteiger partial charge in [-0.25, -0.2) is 15.0 Å². The summed E-state index contributed by atoms with van der Waals surface area (Å²) < 4.78 is 0. The van der Waals surface area contributed by atoms with Crippen LogP contribution in [0, 0.1) is 0 Å². The maximum Gasteiger partial charge on any atom is 0.183 e. The van der Waals surface area contributed by atoms with Crippen LogP contribution < -0.4 is 11.1 Å². The Bertz CT molecular complexity index is 834. The fourth-order valence-electron chi connectivity index (χ4n) is 2.14. The molecule has 2 heterocycles. The van der Waals surface area contributed by atoms with Crippen molar-refractivity contribution >= 4 is 28.6 Å². The van der Waals surface area contributed by atoms with Gasteiger partial charge in [0.05, 0.1) is 11.9 Å². The van der Waals surface area contributed by atoms with Gasteiger partial charge in [-0.05, 0) is 24.6 Å². The lowest BCUT2D eigenvalue weighted by Gasteiger charge is -2.12. The molecule has 0 spiro atoms. The first-order valence-corrected chi connectivity index (χ1v) is 7.65. The van der Waals surface area contributed by atoms with E-state index in [2.05, 4.69) is 25.3 Å². The summed E-state index contributed by atoms with van der Waals surface area (Å²) in [6, 6.07) is 4.75. The molecule has 2 aromatic heterocycles. The van der Waals surface area contributed by atoms with Crippen molar-refractivity contribution < 1.29 is 5.11 Å². The van der Waals surface area contributed by atoms with Crippen molar-refractivity contribution in [3.8, 4) is 17.1 Å².